The fourth-order valence-corrected chi connectivity index (χ4v) is 7.33. The Bertz CT molecular complexity index is 1380. The lowest BCUT2D eigenvalue weighted by Crippen LogP contribution is -2.41. The van der Waals surface area contributed by atoms with E-state index in [4.69, 9.17) is 16.3 Å². The van der Waals surface area contributed by atoms with Gasteiger partial charge in [-0.2, -0.15) is 17.5 Å². The van der Waals surface area contributed by atoms with Gasteiger partial charge in [0.25, 0.3) is 5.91 Å². The quantitative estimate of drug-likeness (QED) is 0.421. The molecular formula is C25H30ClF3N2O5S2. The summed E-state index contributed by atoms with van der Waals surface area (Å²) in [5.41, 5.74) is -5.19. The number of aromatic hydroxyl groups is 1. The van der Waals surface area contributed by atoms with Crippen LogP contribution in [0.15, 0.2) is 34.1 Å². The molecule has 0 aliphatic carbocycles. The first kappa shape index (κ1) is 30.4. The van der Waals surface area contributed by atoms with Crippen molar-refractivity contribution in [3.63, 3.8) is 0 Å². The van der Waals surface area contributed by atoms with Gasteiger partial charge in [-0.25, -0.2) is 8.42 Å². The van der Waals surface area contributed by atoms with Gasteiger partial charge in [0.2, 0.25) is 10.0 Å². The first-order valence-corrected chi connectivity index (χ1v) is 14.8. The molecule has 2 aromatic carbocycles. The average molecular weight is 595 g/mol. The van der Waals surface area contributed by atoms with E-state index in [1.165, 1.54) is 36.4 Å². The number of phenols is 1. The predicted molar refractivity (Wildman–Crippen MR) is 144 cm³/mol. The van der Waals surface area contributed by atoms with Crippen molar-refractivity contribution in [3.8, 4) is 5.75 Å². The summed E-state index contributed by atoms with van der Waals surface area (Å²) in [5.74, 6) is -1.24. The van der Waals surface area contributed by atoms with Crippen LogP contribution in [0.3, 0.4) is 0 Å². The highest BCUT2D eigenvalue weighted by molar-refractivity contribution is 8.15. The molecule has 1 fully saturated rings. The molecule has 0 saturated carbocycles. The van der Waals surface area contributed by atoms with Crippen LogP contribution in [0.2, 0.25) is 5.02 Å². The molecule has 38 heavy (non-hydrogen) atoms. The van der Waals surface area contributed by atoms with Crippen LogP contribution in [0, 0.1) is 6.92 Å². The van der Waals surface area contributed by atoms with E-state index in [1.54, 1.807) is 20.8 Å². The molecule has 7 nitrogen and oxygen atoms in total. The van der Waals surface area contributed by atoms with Gasteiger partial charge < -0.3 is 15.2 Å². The number of morpholine rings is 1. The number of carbonyl (C=O) groups is 1. The number of nitrogens with one attached hydrogen (secondary N) is 1. The minimum atomic E-state index is -4.48. The molecule has 1 heterocycles. The summed E-state index contributed by atoms with van der Waals surface area (Å²) in [6, 6.07) is 4.97. The number of rotatable bonds is 5. The number of halogens is 4. The van der Waals surface area contributed by atoms with Crippen molar-refractivity contribution in [1.82, 2.24) is 4.31 Å². The third-order valence-electron chi connectivity index (χ3n) is 6.06. The molecule has 1 aliphatic heterocycles. The summed E-state index contributed by atoms with van der Waals surface area (Å²) in [6.45, 7) is 8.78. The van der Waals surface area contributed by atoms with Crippen molar-refractivity contribution in [2.24, 2.45) is 0 Å². The Kier molecular flexibility index (Phi) is 8.94. The number of ether oxygens (including phenoxy) is 1. The molecule has 1 amide bonds. The van der Waals surface area contributed by atoms with Gasteiger partial charge in [0.1, 0.15) is 5.75 Å². The molecule has 1 atom stereocenters. The summed E-state index contributed by atoms with van der Waals surface area (Å²) in [6.07, 6.45) is 0. The lowest BCUT2D eigenvalue weighted by Gasteiger charge is -2.29. The zero-order valence-electron chi connectivity index (χ0n) is 21.6. The first-order valence-electron chi connectivity index (χ1n) is 11.7. The van der Waals surface area contributed by atoms with Crippen molar-refractivity contribution in [2.75, 3.05) is 31.6 Å². The summed E-state index contributed by atoms with van der Waals surface area (Å²) in [5, 5.41) is 14.5. The molecule has 210 valence electrons. The number of hydrogen-bond acceptors (Lipinski definition) is 5. The maximum Gasteiger partial charge on any atom is 0.440 e. The third kappa shape index (κ3) is 6.20. The van der Waals surface area contributed by atoms with Crippen molar-refractivity contribution in [2.45, 2.75) is 55.3 Å². The van der Waals surface area contributed by atoms with Crippen LogP contribution in [0.5, 0.6) is 5.75 Å². The Balaban J connectivity index is 2.10. The van der Waals surface area contributed by atoms with E-state index in [2.05, 4.69) is 5.32 Å². The molecule has 0 aromatic heterocycles. The number of nitrogens with zero attached hydrogens (tertiary/aromatic N) is 1. The number of hydrogen-bond donors (Lipinski definition) is 2. The zero-order chi connectivity index (χ0) is 28.6. The number of sulfonamides is 1. The number of phenolic OH excluding ortho intramolecular Hbond substituents is 1. The Hall–Kier alpha value is -2.12. The molecule has 1 aliphatic rings. The summed E-state index contributed by atoms with van der Waals surface area (Å²) < 4.78 is 73.6. The Morgan fingerprint density at radius 1 is 1.18 bits per heavy atom. The van der Waals surface area contributed by atoms with E-state index in [9.17, 15) is 31.5 Å². The van der Waals surface area contributed by atoms with Gasteiger partial charge in [0, 0.05) is 23.5 Å². The molecular weight excluding hydrogens is 565 g/mol. The lowest BCUT2D eigenvalue weighted by atomic mass is 9.84. The van der Waals surface area contributed by atoms with Crippen molar-refractivity contribution < 1.29 is 36.2 Å². The predicted octanol–water partition coefficient (Wildman–Crippen LogP) is 5.89. The SMILES string of the molecule is C/C=S(\c1ccc(NC(=O)c2c(C)c(S(=O)(=O)N3CCOCC3)cc(C(C)(C)C)c2O)c(Cl)c1)C(F)(F)F. The molecule has 1 unspecified atom stereocenters. The highest BCUT2D eigenvalue weighted by atomic mass is 35.5. The topological polar surface area (TPSA) is 95.9 Å². The molecule has 3 rings (SSSR count). The summed E-state index contributed by atoms with van der Waals surface area (Å²) in [4.78, 5) is 13.2. The molecule has 0 radical (unpaired) electrons. The van der Waals surface area contributed by atoms with Gasteiger partial charge in [-0.05, 0) is 49.1 Å². The van der Waals surface area contributed by atoms with E-state index in [-0.39, 0.29) is 69.2 Å². The molecule has 1 saturated heterocycles. The molecule has 0 spiro atoms. The average Bonchev–Trinajstić information content (AvgIpc) is 2.80. The normalized spacial score (nSPS) is 16.4. The number of benzene rings is 2. The lowest BCUT2D eigenvalue weighted by molar-refractivity contribution is -0.0334. The van der Waals surface area contributed by atoms with Crippen LogP contribution in [0.25, 0.3) is 0 Å². The molecule has 13 heteroatoms. The zero-order valence-corrected chi connectivity index (χ0v) is 24.0. The van der Waals surface area contributed by atoms with Crippen LogP contribution < -0.4 is 5.32 Å². The summed E-state index contributed by atoms with van der Waals surface area (Å²) in [7, 11) is -6.19. The minimum absolute atomic E-state index is 0.0137. The highest BCUT2D eigenvalue weighted by Gasteiger charge is 2.35. The maximum absolute atomic E-state index is 13.5. The Morgan fingerprint density at radius 3 is 2.29 bits per heavy atom. The maximum atomic E-state index is 13.5. The van der Waals surface area contributed by atoms with Crippen LogP contribution in [0.4, 0.5) is 18.9 Å². The fraction of sp³-hybridized carbons (Fsp3) is 0.440. The van der Waals surface area contributed by atoms with Crippen LogP contribution in [0.1, 0.15) is 49.2 Å². The number of amides is 1. The Morgan fingerprint density at radius 2 is 1.79 bits per heavy atom. The molecule has 0 bridgehead atoms. The molecule has 2 N–H and O–H groups in total. The summed E-state index contributed by atoms with van der Waals surface area (Å²) >= 11 is 6.23. The van der Waals surface area contributed by atoms with Crippen LogP contribution in [-0.4, -0.2) is 60.9 Å². The monoisotopic (exact) mass is 594 g/mol. The van der Waals surface area contributed by atoms with Crippen LogP contribution >= 0.6 is 22.1 Å². The standard InChI is InChI=1S/C25H30ClF3N2O5S2/c1-6-37(25(27,28)29)16-7-8-19(18(26)13-16)30-23(33)21-15(2)20(14-17(22(21)32)24(3,4)5)38(34,35)31-9-11-36-12-10-31/h6-8,13-14,32H,9-12H2,1-5H3,(H,30,33). The van der Waals surface area contributed by atoms with Crippen LogP contribution in [-0.2, 0) is 20.2 Å². The minimum Gasteiger partial charge on any atom is -0.507 e. The largest absolute Gasteiger partial charge is 0.507 e. The smallest absolute Gasteiger partial charge is 0.440 e. The van der Waals surface area contributed by atoms with Gasteiger partial charge in [-0.15, -0.1) is 0 Å². The highest BCUT2D eigenvalue weighted by Crippen LogP contribution is 2.45. The number of carbonyl (C=O) groups excluding carboxylic acids is 1. The second-order valence-corrected chi connectivity index (χ2v) is 14.0. The second-order valence-electron chi connectivity index (χ2n) is 9.65. The number of anilines is 1. The van der Waals surface area contributed by atoms with E-state index in [1.807, 2.05) is 0 Å². The Labute approximate surface area is 227 Å². The number of alkyl halides is 3. The van der Waals surface area contributed by atoms with Crippen molar-refractivity contribution >= 4 is 49.1 Å². The van der Waals surface area contributed by atoms with E-state index in [0.717, 1.165) is 11.4 Å². The van der Waals surface area contributed by atoms with E-state index >= 15 is 0 Å². The second kappa shape index (κ2) is 11.2. The third-order valence-corrected chi connectivity index (χ3v) is 10.1. The van der Waals surface area contributed by atoms with Gasteiger partial charge >= 0.3 is 5.51 Å². The van der Waals surface area contributed by atoms with Gasteiger partial charge in [-0.1, -0.05) is 48.2 Å². The van der Waals surface area contributed by atoms with Gasteiger partial charge in [0.05, 0.1) is 34.4 Å². The fourth-order valence-electron chi connectivity index (χ4n) is 4.11. The van der Waals surface area contributed by atoms with E-state index in [0.29, 0.717) is 0 Å². The van der Waals surface area contributed by atoms with Crippen molar-refractivity contribution in [1.29, 1.82) is 0 Å². The van der Waals surface area contributed by atoms with Gasteiger partial charge in [0.15, 0.2) is 0 Å². The van der Waals surface area contributed by atoms with Crippen molar-refractivity contribution in [3.05, 3.63) is 46.0 Å². The van der Waals surface area contributed by atoms with Gasteiger partial charge in [-0.3, -0.25) is 4.79 Å². The molecule has 2 aromatic rings. The van der Waals surface area contributed by atoms with E-state index < -0.39 is 37.3 Å². The first-order chi connectivity index (χ1) is 17.5.